The number of nitrogens with one attached hydrogen (secondary N) is 1. The molecule has 0 saturated carbocycles. The lowest BCUT2D eigenvalue weighted by atomic mass is 10.0. The molecule has 140 valence electrons. The van der Waals surface area contributed by atoms with Crippen molar-refractivity contribution in [3.63, 3.8) is 0 Å². The lowest BCUT2D eigenvalue weighted by molar-refractivity contribution is -0.384. The molecule has 9 nitrogen and oxygen atoms in total. The number of benzene rings is 1. The van der Waals surface area contributed by atoms with E-state index in [1.54, 1.807) is 5.32 Å². The normalized spacial score (nSPS) is 11.5. The maximum atomic E-state index is 12.4. The zero-order chi connectivity index (χ0) is 19.8. The molecule has 0 radical (unpaired) electrons. The van der Waals surface area contributed by atoms with Crippen LogP contribution in [0.2, 0.25) is 0 Å². The van der Waals surface area contributed by atoms with Crippen LogP contribution in [0, 0.1) is 10.1 Å². The Bertz CT molecular complexity index is 1030. The second-order valence-electron chi connectivity index (χ2n) is 5.46. The Balaban J connectivity index is 2.14. The maximum absolute atomic E-state index is 12.4. The van der Waals surface area contributed by atoms with Gasteiger partial charge in [-0.3, -0.25) is 14.9 Å². The second kappa shape index (κ2) is 6.55. The maximum Gasteiger partial charge on any atom is 0.405 e. The van der Waals surface area contributed by atoms with E-state index in [9.17, 15) is 28.1 Å². The zero-order valence-corrected chi connectivity index (χ0v) is 13.4. The standard InChI is InChI=1S/C15H11F3N6O3/c16-15(17,18)6-20-14(25)10-5-23-12(13(19)21-7-22-23)11(10)8-1-3-9(4-2-8)24(26)27/h1-5,7H,6H2,(H,20,25)(H2,19,21,22). The monoisotopic (exact) mass is 380 g/mol. The number of nitro benzene ring substituents is 1. The third-order valence-corrected chi connectivity index (χ3v) is 3.66. The number of anilines is 1. The van der Waals surface area contributed by atoms with Crippen LogP contribution in [0.4, 0.5) is 24.7 Å². The summed E-state index contributed by atoms with van der Waals surface area (Å²) >= 11 is 0. The number of hydrogen-bond acceptors (Lipinski definition) is 6. The number of aromatic nitrogens is 3. The molecule has 0 spiro atoms. The average Bonchev–Trinajstić information content (AvgIpc) is 3.00. The molecule has 0 atom stereocenters. The number of non-ortho nitro benzene ring substituents is 1. The summed E-state index contributed by atoms with van der Waals surface area (Å²) in [4.78, 5) is 26.4. The summed E-state index contributed by atoms with van der Waals surface area (Å²) in [6.07, 6.45) is -2.24. The molecular formula is C15H11F3N6O3. The van der Waals surface area contributed by atoms with Gasteiger partial charge in [-0.1, -0.05) is 0 Å². The number of carbonyl (C=O) groups excluding carboxylic acids is 1. The van der Waals surface area contributed by atoms with Crippen molar-refractivity contribution in [2.45, 2.75) is 6.18 Å². The molecule has 27 heavy (non-hydrogen) atoms. The zero-order valence-electron chi connectivity index (χ0n) is 13.4. The Labute approximate surface area is 148 Å². The van der Waals surface area contributed by atoms with Gasteiger partial charge in [0.25, 0.3) is 11.6 Å². The number of hydrogen-bond donors (Lipinski definition) is 2. The number of nitrogens with two attached hydrogens (primary N) is 1. The molecule has 3 aromatic rings. The van der Waals surface area contributed by atoms with Crippen LogP contribution < -0.4 is 11.1 Å². The van der Waals surface area contributed by atoms with Crippen molar-refractivity contribution < 1.29 is 22.9 Å². The van der Waals surface area contributed by atoms with Crippen LogP contribution in [-0.2, 0) is 0 Å². The van der Waals surface area contributed by atoms with Crippen LogP contribution in [0.15, 0.2) is 36.8 Å². The summed E-state index contributed by atoms with van der Waals surface area (Å²) in [6, 6.07) is 5.13. The molecule has 0 aliphatic rings. The van der Waals surface area contributed by atoms with Crippen LogP contribution in [0.5, 0.6) is 0 Å². The minimum atomic E-state index is -4.58. The molecule has 3 rings (SSSR count). The van der Waals surface area contributed by atoms with E-state index >= 15 is 0 Å². The number of rotatable bonds is 4. The van der Waals surface area contributed by atoms with Crippen molar-refractivity contribution in [1.29, 1.82) is 0 Å². The highest BCUT2D eigenvalue weighted by Gasteiger charge is 2.29. The molecule has 12 heteroatoms. The van der Waals surface area contributed by atoms with Crippen molar-refractivity contribution in [3.05, 3.63) is 52.5 Å². The van der Waals surface area contributed by atoms with E-state index in [-0.39, 0.29) is 28.1 Å². The third kappa shape index (κ3) is 3.63. The number of halogens is 3. The van der Waals surface area contributed by atoms with Gasteiger partial charge in [0, 0.05) is 23.9 Å². The molecular weight excluding hydrogens is 369 g/mol. The molecule has 0 fully saturated rings. The molecule has 3 N–H and O–H groups in total. The van der Waals surface area contributed by atoms with Crippen LogP contribution in [0.25, 0.3) is 16.6 Å². The fourth-order valence-electron chi connectivity index (χ4n) is 2.52. The van der Waals surface area contributed by atoms with Crippen LogP contribution >= 0.6 is 0 Å². The van der Waals surface area contributed by atoms with Crippen LogP contribution in [-0.4, -0.2) is 38.1 Å². The van der Waals surface area contributed by atoms with Crippen LogP contribution in [0.1, 0.15) is 10.4 Å². The largest absolute Gasteiger partial charge is 0.405 e. The molecule has 0 saturated heterocycles. The molecule has 0 bridgehead atoms. The van der Waals surface area contributed by atoms with Crippen molar-refractivity contribution in [2.24, 2.45) is 0 Å². The number of nitrogen functional groups attached to an aromatic ring is 1. The Morgan fingerprint density at radius 2 is 1.96 bits per heavy atom. The van der Waals surface area contributed by atoms with Crippen molar-refractivity contribution >= 4 is 22.9 Å². The van der Waals surface area contributed by atoms with Gasteiger partial charge >= 0.3 is 6.18 Å². The topological polar surface area (TPSA) is 128 Å². The first-order chi connectivity index (χ1) is 12.7. The fraction of sp³-hybridized carbons (Fsp3) is 0.133. The first kappa shape index (κ1) is 18.1. The van der Waals surface area contributed by atoms with Gasteiger partial charge in [0.2, 0.25) is 0 Å². The van der Waals surface area contributed by atoms with Crippen molar-refractivity contribution in [1.82, 2.24) is 19.9 Å². The Kier molecular flexibility index (Phi) is 4.39. The molecule has 1 aromatic carbocycles. The van der Waals surface area contributed by atoms with E-state index in [1.807, 2.05) is 0 Å². The molecule has 0 aliphatic carbocycles. The summed E-state index contributed by atoms with van der Waals surface area (Å²) in [6.45, 7) is -1.51. The Hall–Kier alpha value is -3.70. The molecule has 0 aliphatic heterocycles. The number of alkyl halides is 3. The fourth-order valence-corrected chi connectivity index (χ4v) is 2.52. The number of nitro groups is 1. The number of carbonyl (C=O) groups is 1. The van der Waals surface area contributed by atoms with Gasteiger partial charge in [-0.25, -0.2) is 9.50 Å². The van der Waals surface area contributed by atoms with E-state index in [0.717, 1.165) is 6.33 Å². The molecule has 2 heterocycles. The molecule has 0 unspecified atom stereocenters. The molecule has 1 amide bonds. The SMILES string of the molecule is Nc1ncnn2cc(C(=O)NCC(F)(F)F)c(-c3ccc([N+](=O)[O-])cc3)c12. The van der Waals surface area contributed by atoms with Gasteiger partial charge in [-0.15, -0.1) is 0 Å². The lowest BCUT2D eigenvalue weighted by Gasteiger charge is -2.09. The minimum Gasteiger partial charge on any atom is -0.382 e. The third-order valence-electron chi connectivity index (χ3n) is 3.66. The van der Waals surface area contributed by atoms with E-state index in [4.69, 9.17) is 5.73 Å². The lowest BCUT2D eigenvalue weighted by Crippen LogP contribution is -2.33. The highest BCUT2D eigenvalue weighted by molar-refractivity contribution is 6.07. The van der Waals surface area contributed by atoms with Crippen molar-refractivity contribution in [3.8, 4) is 11.1 Å². The summed E-state index contributed by atoms with van der Waals surface area (Å²) in [7, 11) is 0. The predicted octanol–water partition coefficient (Wildman–Crippen LogP) is 2.18. The summed E-state index contributed by atoms with van der Waals surface area (Å²) < 4.78 is 38.5. The first-order valence-electron chi connectivity index (χ1n) is 7.39. The van der Waals surface area contributed by atoms with Gasteiger partial charge in [-0.05, 0) is 17.7 Å². The quantitative estimate of drug-likeness (QED) is 0.527. The van der Waals surface area contributed by atoms with Gasteiger partial charge in [-0.2, -0.15) is 18.3 Å². The number of fused-ring (bicyclic) bond motifs is 1. The Morgan fingerprint density at radius 3 is 2.56 bits per heavy atom. The van der Waals surface area contributed by atoms with E-state index in [0.29, 0.717) is 5.56 Å². The van der Waals surface area contributed by atoms with Gasteiger partial charge in [0.1, 0.15) is 18.4 Å². The van der Waals surface area contributed by atoms with E-state index in [2.05, 4.69) is 10.1 Å². The highest BCUT2D eigenvalue weighted by Crippen LogP contribution is 2.33. The van der Waals surface area contributed by atoms with Gasteiger partial charge in [0.05, 0.1) is 10.5 Å². The second-order valence-corrected chi connectivity index (χ2v) is 5.46. The molecule has 2 aromatic heterocycles. The summed E-state index contributed by atoms with van der Waals surface area (Å²) in [5.74, 6) is -1.00. The summed E-state index contributed by atoms with van der Waals surface area (Å²) in [5, 5.41) is 16.5. The first-order valence-corrected chi connectivity index (χ1v) is 7.39. The number of nitrogens with zero attached hydrogens (tertiary/aromatic N) is 4. The highest BCUT2D eigenvalue weighted by atomic mass is 19.4. The van der Waals surface area contributed by atoms with Gasteiger partial charge < -0.3 is 11.1 Å². The van der Waals surface area contributed by atoms with Crippen molar-refractivity contribution in [2.75, 3.05) is 12.3 Å². The van der Waals surface area contributed by atoms with Crippen LogP contribution in [0.3, 0.4) is 0 Å². The predicted molar refractivity (Wildman–Crippen MR) is 87.9 cm³/mol. The van der Waals surface area contributed by atoms with E-state index < -0.39 is 23.6 Å². The smallest absolute Gasteiger partial charge is 0.382 e. The summed E-state index contributed by atoms with van der Waals surface area (Å²) in [5.41, 5.74) is 6.23. The van der Waals surface area contributed by atoms with Gasteiger partial charge in [0.15, 0.2) is 5.82 Å². The minimum absolute atomic E-state index is 0.00627. The number of amides is 1. The van der Waals surface area contributed by atoms with E-state index in [1.165, 1.54) is 35.0 Å². The Morgan fingerprint density at radius 1 is 1.30 bits per heavy atom. The average molecular weight is 380 g/mol.